The smallest absolute Gasteiger partial charge is 0.0547 e. The molecule has 9 aromatic carbocycles. The van der Waals surface area contributed by atoms with Crippen LogP contribution in [-0.2, 0) is 0 Å². The van der Waals surface area contributed by atoms with Gasteiger partial charge in [-0.2, -0.15) is 0 Å². The molecule has 0 saturated heterocycles. The van der Waals surface area contributed by atoms with Crippen molar-refractivity contribution in [2.24, 2.45) is 0 Å². The second-order valence-corrected chi connectivity index (χ2v) is 14.2. The molecule has 0 radical (unpaired) electrons. The van der Waals surface area contributed by atoms with E-state index in [9.17, 15) is 0 Å². The van der Waals surface area contributed by atoms with Crippen LogP contribution in [0.5, 0.6) is 0 Å². The Hall–Kier alpha value is -7.16. The summed E-state index contributed by atoms with van der Waals surface area (Å²) in [5.74, 6) is 0. The molecule has 0 atom stereocenters. The lowest BCUT2D eigenvalue weighted by Crippen LogP contribution is -1.96. The van der Waals surface area contributed by atoms with Crippen molar-refractivity contribution in [3.05, 3.63) is 206 Å². The zero-order valence-electron chi connectivity index (χ0n) is 31.5. The van der Waals surface area contributed by atoms with Crippen LogP contribution in [0, 0.1) is 0 Å². The van der Waals surface area contributed by atoms with Gasteiger partial charge in [0.2, 0.25) is 0 Å². The highest BCUT2D eigenvalue weighted by Crippen LogP contribution is 2.40. The Bertz CT molecular complexity index is 3200. The molecule has 11 aromatic rings. The number of nitrogens with zero attached hydrogens (tertiary/aromatic N) is 2. The largest absolute Gasteiger partial charge is 0.309 e. The van der Waals surface area contributed by atoms with Crippen LogP contribution in [0.1, 0.15) is 13.8 Å². The number of fused-ring (bicyclic) bond motifs is 7. The van der Waals surface area contributed by atoms with E-state index in [1.54, 1.807) is 0 Å². The molecule has 0 amide bonds. The highest BCUT2D eigenvalue weighted by molar-refractivity contribution is 6.12. The van der Waals surface area contributed by atoms with Crippen molar-refractivity contribution in [1.82, 2.24) is 9.13 Å². The molecule has 0 fully saturated rings. The van der Waals surface area contributed by atoms with Gasteiger partial charge in [-0.3, -0.25) is 0 Å². The third-order valence-electron chi connectivity index (χ3n) is 11.1. The highest BCUT2D eigenvalue weighted by Gasteiger charge is 2.17. The fourth-order valence-electron chi connectivity index (χ4n) is 8.51. The maximum absolute atomic E-state index is 2.45. The van der Waals surface area contributed by atoms with Crippen molar-refractivity contribution in [1.29, 1.82) is 0 Å². The van der Waals surface area contributed by atoms with E-state index in [2.05, 4.69) is 215 Å². The van der Waals surface area contributed by atoms with E-state index in [-0.39, 0.29) is 0 Å². The summed E-state index contributed by atoms with van der Waals surface area (Å²) in [6.45, 7) is 4.00. The van der Waals surface area contributed by atoms with E-state index >= 15 is 0 Å². The first-order valence-electron chi connectivity index (χ1n) is 19.6. The topological polar surface area (TPSA) is 9.86 Å². The minimum absolute atomic E-state index is 1.15. The Morgan fingerprint density at radius 1 is 0.250 bits per heavy atom. The molecule has 2 aromatic heterocycles. The molecule has 11 rings (SSSR count). The molecule has 266 valence electrons. The molecule has 56 heavy (non-hydrogen) atoms. The monoisotopic (exact) mass is 716 g/mol. The molecular formula is C54H40N2. The van der Waals surface area contributed by atoms with Crippen molar-refractivity contribution >= 4 is 54.4 Å². The van der Waals surface area contributed by atoms with Gasteiger partial charge in [0.1, 0.15) is 0 Å². The lowest BCUT2D eigenvalue weighted by atomic mass is 9.96. The normalized spacial score (nSPS) is 11.4. The van der Waals surface area contributed by atoms with Crippen molar-refractivity contribution in [3.8, 4) is 44.8 Å². The first-order chi connectivity index (χ1) is 27.8. The summed E-state index contributed by atoms with van der Waals surface area (Å²) in [6, 6.07) is 75.3. The zero-order valence-corrected chi connectivity index (χ0v) is 31.5. The molecule has 0 unspecified atom stereocenters. The maximum atomic E-state index is 2.45. The van der Waals surface area contributed by atoms with Crippen LogP contribution in [0.3, 0.4) is 0 Å². The summed E-state index contributed by atoms with van der Waals surface area (Å²) in [5.41, 5.74) is 14.3. The molecule has 0 aliphatic heterocycles. The average molecular weight is 717 g/mol. The number of hydrogen-bond acceptors (Lipinski definition) is 0. The van der Waals surface area contributed by atoms with Crippen LogP contribution in [0.25, 0.3) is 99.1 Å². The Balaban J connectivity index is 0.00000189. The van der Waals surface area contributed by atoms with Crippen LogP contribution in [0.15, 0.2) is 206 Å². The fraction of sp³-hybridized carbons (Fsp3) is 0.0370. The minimum Gasteiger partial charge on any atom is -0.309 e. The second kappa shape index (κ2) is 13.9. The van der Waals surface area contributed by atoms with Crippen molar-refractivity contribution in [2.45, 2.75) is 13.8 Å². The zero-order chi connectivity index (χ0) is 37.6. The predicted octanol–water partition coefficient (Wildman–Crippen LogP) is 15.1. The van der Waals surface area contributed by atoms with E-state index < -0.39 is 0 Å². The van der Waals surface area contributed by atoms with Crippen molar-refractivity contribution in [3.63, 3.8) is 0 Å². The quantitative estimate of drug-likeness (QED) is 0.168. The number of rotatable bonds is 5. The maximum Gasteiger partial charge on any atom is 0.0547 e. The number of benzene rings is 9. The van der Waals surface area contributed by atoms with E-state index in [0.29, 0.717) is 0 Å². The molecule has 0 saturated carbocycles. The van der Waals surface area contributed by atoms with Crippen LogP contribution in [-0.4, -0.2) is 9.13 Å². The lowest BCUT2D eigenvalue weighted by molar-refractivity contribution is 1.18. The van der Waals surface area contributed by atoms with Gasteiger partial charge in [0, 0.05) is 32.9 Å². The molecule has 0 aliphatic carbocycles. The van der Waals surface area contributed by atoms with Gasteiger partial charge in [-0.25, -0.2) is 0 Å². The van der Waals surface area contributed by atoms with Gasteiger partial charge < -0.3 is 9.13 Å². The van der Waals surface area contributed by atoms with Gasteiger partial charge >= 0.3 is 0 Å². The van der Waals surface area contributed by atoms with E-state index in [1.165, 1.54) is 93.5 Å². The minimum atomic E-state index is 1.15. The van der Waals surface area contributed by atoms with Gasteiger partial charge in [-0.05, 0) is 111 Å². The van der Waals surface area contributed by atoms with Gasteiger partial charge in [-0.15, -0.1) is 0 Å². The number of aromatic nitrogens is 2. The SMILES string of the molecule is CC.c1ccc(-c2cc(-c3ccc4ccccc4c3)cc(-n3c4ccccc4c4cc(-c5ccc6c7ccccc7n(-c7ccccc7)c6c5)ccc43)c2)cc1. The average Bonchev–Trinajstić information content (AvgIpc) is 3.79. The molecular weight excluding hydrogens is 677 g/mol. The summed E-state index contributed by atoms with van der Waals surface area (Å²) >= 11 is 0. The summed E-state index contributed by atoms with van der Waals surface area (Å²) in [5, 5.41) is 7.50. The van der Waals surface area contributed by atoms with E-state index in [1.807, 2.05) is 13.8 Å². The number of hydrogen-bond donors (Lipinski definition) is 0. The molecule has 0 spiro atoms. The molecule has 2 heteroatoms. The second-order valence-electron chi connectivity index (χ2n) is 14.2. The Morgan fingerprint density at radius 3 is 1.50 bits per heavy atom. The third-order valence-corrected chi connectivity index (χ3v) is 11.1. The summed E-state index contributed by atoms with van der Waals surface area (Å²) < 4.78 is 4.84. The van der Waals surface area contributed by atoms with Gasteiger partial charge in [0.15, 0.2) is 0 Å². The van der Waals surface area contributed by atoms with E-state index in [4.69, 9.17) is 0 Å². The van der Waals surface area contributed by atoms with Crippen LogP contribution in [0.4, 0.5) is 0 Å². The van der Waals surface area contributed by atoms with Crippen LogP contribution < -0.4 is 0 Å². The molecule has 0 bridgehead atoms. The highest BCUT2D eigenvalue weighted by atomic mass is 15.0. The summed E-state index contributed by atoms with van der Waals surface area (Å²) in [6.07, 6.45) is 0. The van der Waals surface area contributed by atoms with Crippen molar-refractivity contribution in [2.75, 3.05) is 0 Å². The summed E-state index contributed by atoms with van der Waals surface area (Å²) in [7, 11) is 0. The predicted molar refractivity (Wildman–Crippen MR) is 240 cm³/mol. The number of para-hydroxylation sites is 3. The molecule has 0 aliphatic rings. The molecule has 0 N–H and O–H groups in total. The lowest BCUT2D eigenvalue weighted by Gasteiger charge is -2.14. The standard InChI is InChI=1S/C52H34N2.C2H6/c1-3-13-35(14-4-1)41-30-42(38-24-23-36-15-7-8-16-37(36)29-38)32-44(31-41)54-50-22-12-10-20-46(50)48-33-39(26-28-51(48)54)40-25-27-47-45-19-9-11-21-49(45)53(52(47)34-40)43-17-5-2-6-18-43;1-2/h1-34H;1-2H3. The Labute approximate surface area is 327 Å². The van der Waals surface area contributed by atoms with Crippen LogP contribution in [0.2, 0.25) is 0 Å². The first-order valence-corrected chi connectivity index (χ1v) is 19.6. The van der Waals surface area contributed by atoms with E-state index in [0.717, 1.165) is 5.69 Å². The Morgan fingerprint density at radius 2 is 0.750 bits per heavy atom. The fourth-order valence-corrected chi connectivity index (χ4v) is 8.51. The first kappa shape index (κ1) is 33.4. The summed E-state index contributed by atoms with van der Waals surface area (Å²) in [4.78, 5) is 0. The third kappa shape index (κ3) is 5.58. The molecule has 2 heterocycles. The van der Waals surface area contributed by atoms with Crippen molar-refractivity contribution < 1.29 is 0 Å². The van der Waals surface area contributed by atoms with Crippen LogP contribution >= 0.6 is 0 Å². The van der Waals surface area contributed by atoms with Gasteiger partial charge in [0.05, 0.1) is 22.1 Å². The van der Waals surface area contributed by atoms with Gasteiger partial charge in [-0.1, -0.05) is 153 Å². The Kier molecular flexibility index (Phi) is 8.30. The molecule has 2 nitrogen and oxygen atoms in total. The van der Waals surface area contributed by atoms with Gasteiger partial charge in [0.25, 0.3) is 0 Å².